The Morgan fingerprint density at radius 3 is 2.53 bits per heavy atom. The number of ether oxygens (including phenoxy) is 1. The van der Waals surface area contributed by atoms with Gasteiger partial charge in [-0.2, -0.15) is 0 Å². The molecule has 38 heavy (non-hydrogen) atoms. The van der Waals surface area contributed by atoms with E-state index in [-0.39, 0.29) is 11.7 Å². The van der Waals surface area contributed by atoms with Crippen molar-refractivity contribution in [1.29, 1.82) is 0 Å². The van der Waals surface area contributed by atoms with Crippen molar-refractivity contribution >= 4 is 47.0 Å². The quantitative estimate of drug-likeness (QED) is 0.368. The first-order chi connectivity index (χ1) is 18.1. The number of carbonyl (C=O) groups is 2. The van der Waals surface area contributed by atoms with Crippen LogP contribution in [0.25, 0.3) is 0 Å². The van der Waals surface area contributed by atoms with Gasteiger partial charge in [0.05, 0.1) is 24.2 Å². The van der Waals surface area contributed by atoms with Gasteiger partial charge in [0.1, 0.15) is 17.3 Å². The predicted molar refractivity (Wildman–Crippen MR) is 157 cm³/mol. The molecule has 1 heterocycles. The number of methoxy groups -OCH3 is 1. The molecular weight excluding hydrogens is 480 g/mol. The number of anilines is 3. The number of benzene rings is 2. The van der Waals surface area contributed by atoms with Gasteiger partial charge in [0.2, 0.25) is 0 Å². The van der Waals surface area contributed by atoms with Crippen LogP contribution in [0, 0.1) is 0 Å². The van der Waals surface area contributed by atoms with Gasteiger partial charge in [0.25, 0.3) is 5.91 Å². The maximum absolute atomic E-state index is 13.3. The Bertz CT molecular complexity index is 1330. The normalized spacial score (nSPS) is 15.6. The van der Waals surface area contributed by atoms with E-state index < -0.39 is 0 Å². The summed E-state index contributed by atoms with van der Waals surface area (Å²) in [6.07, 6.45) is 3.10. The maximum Gasteiger partial charge on any atom is 0.257 e. The zero-order valence-electron chi connectivity index (χ0n) is 23.2. The monoisotopic (exact) mass is 516 g/mol. The standard InChI is InChI=1S/C29H36N6O3/c1-19-14-28(37)35(22-11-9-10-21(15-22)20(2)36)29(23(19)18-30-3)32-25-16-24(31-4)26(17-27(25)38-8)34(7)13-12-33(5)6/h9-11,14-18,31H,3,12-13H2,1-2,4-8H3/b23-18-,32-29?. The molecule has 0 aliphatic carbocycles. The third-order valence-electron chi connectivity index (χ3n) is 6.26. The smallest absolute Gasteiger partial charge is 0.257 e. The molecule has 2 aromatic carbocycles. The van der Waals surface area contributed by atoms with Crippen molar-refractivity contribution in [2.24, 2.45) is 9.98 Å². The zero-order valence-corrected chi connectivity index (χ0v) is 23.2. The summed E-state index contributed by atoms with van der Waals surface area (Å²) in [6.45, 7) is 8.62. The molecule has 200 valence electrons. The molecule has 0 spiro atoms. The number of nitrogens with zero attached hydrogens (tertiary/aromatic N) is 5. The van der Waals surface area contributed by atoms with Gasteiger partial charge in [-0.15, -0.1) is 0 Å². The molecule has 9 heteroatoms. The Morgan fingerprint density at radius 1 is 1.18 bits per heavy atom. The minimum atomic E-state index is -0.281. The van der Waals surface area contributed by atoms with Gasteiger partial charge in [-0.25, -0.2) is 4.99 Å². The number of carbonyl (C=O) groups excluding carboxylic acids is 2. The Balaban J connectivity index is 2.23. The van der Waals surface area contributed by atoms with E-state index in [0.29, 0.717) is 39.7 Å². The minimum Gasteiger partial charge on any atom is -0.494 e. The van der Waals surface area contributed by atoms with Crippen molar-refractivity contribution in [3.8, 4) is 5.75 Å². The summed E-state index contributed by atoms with van der Waals surface area (Å²) < 4.78 is 5.75. The van der Waals surface area contributed by atoms with E-state index >= 15 is 0 Å². The van der Waals surface area contributed by atoms with Gasteiger partial charge in [0.15, 0.2) is 5.78 Å². The van der Waals surface area contributed by atoms with E-state index in [9.17, 15) is 9.59 Å². The Morgan fingerprint density at radius 2 is 1.92 bits per heavy atom. The van der Waals surface area contributed by atoms with E-state index in [0.717, 1.165) is 24.5 Å². The molecule has 0 saturated heterocycles. The highest BCUT2D eigenvalue weighted by Gasteiger charge is 2.30. The largest absolute Gasteiger partial charge is 0.494 e. The number of hydrogen-bond donors (Lipinski definition) is 1. The van der Waals surface area contributed by atoms with E-state index in [2.05, 4.69) is 26.8 Å². The van der Waals surface area contributed by atoms with Crippen molar-refractivity contribution in [2.45, 2.75) is 13.8 Å². The van der Waals surface area contributed by atoms with Crippen molar-refractivity contribution in [1.82, 2.24) is 4.90 Å². The van der Waals surface area contributed by atoms with E-state index in [1.807, 2.05) is 47.2 Å². The van der Waals surface area contributed by atoms with Crippen LogP contribution in [0.2, 0.25) is 0 Å². The van der Waals surface area contributed by atoms with Gasteiger partial charge in [-0.3, -0.25) is 19.5 Å². The fourth-order valence-corrected chi connectivity index (χ4v) is 4.11. The van der Waals surface area contributed by atoms with E-state index in [1.54, 1.807) is 37.6 Å². The van der Waals surface area contributed by atoms with Crippen LogP contribution >= 0.6 is 0 Å². The highest BCUT2D eigenvalue weighted by Crippen LogP contribution is 2.40. The molecule has 2 aromatic rings. The summed E-state index contributed by atoms with van der Waals surface area (Å²) in [5.74, 6) is 0.527. The van der Waals surface area contributed by atoms with E-state index in [4.69, 9.17) is 9.73 Å². The number of amides is 1. The molecule has 9 nitrogen and oxygen atoms in total. The van der Waals surface area contributed by atoms with Gasteiger partial charge in [-0.05, 0) is 58.4 Å². The topological polar surface area (TPSA) is 89.8 Å². The predicted octanol–water partition coefficient (Wildman–Crippen LogP) is 4.54. The lowest BCUT2D eigenvalue weighted by Crippen LogP contribution is -2.40. The highest BCUT2D eigenvalue weighted by molar-refractivity contribution is 6.31. The summed E-state index contributed by atoms with van der Waals surface area (Å²) in [5.41, 5.74) is 4.70. The van der Waals surface area contributed by atoms with Crippen molar-refractivity contribution < 1.29 is 14.3 Å². The number of rotatable bonds is 10. The first kappa shape index (κ1) is 28.3. The summed E-state index contributed by atoms with van der Waals surface area (Å²) in [4.78, 5) is 40.1. The average molecular weight is 517 g/mol. The SMILES string of the molecule is C=N/C=C1/C(C)=CC(=O)N(c2cccc(C(C)=O)c2)C1=Nc1cc(NC)c(N(C)CCN(C)C)cc1OC. The molecule has 1 N–H and O–H groups in total. The third kappa shape index (κ3) is 6.18. The zero-order chi connectivity index (χ0) is 28.0. The Labute approximate surface area is 224 Å². The number of aliphatic imine (C=N–C) groups is 2. The number of hydrogen-bond acceptors (Lipinski definition) is 8. The van der Waals surface area contributed by atoms with Gasteiger partial charge >= 0.3 is 0 Å². The molecule has 0 aromatic heterocycles. The number of likely N-dealkylation sites (N-methyl/N-ethyl adjacent to an activating group) is 2. The molecule has 0 bridgehead atoms. The highest BCUT2D eigenvalue weighted by atomic mass is 16.5. The van der Waals surface area contributed by atoms with Gasteiger partial charge in [0, 0.05) is 56.7 Å². The molecule has 1 aliphatic rings. The first-order valence-corrected chi connectivity index (χ1v) is 12.3. The molecule has 3 rings (SSSR count). The van der Waals surface area contributed by atoms with Crippen LogP contribution in [0.15, 0.2) is 69.8 Å². The van der Waals surface area contributed by atoms with Crippen LogP contribution in [-0.4, -0.2) is 77.5 Å². The van der Waals surface area contributed by atoms with Crippen LogP contribution in [0.1, 0.15) is 24.2 Å². The lowest BCUT2D eigenvalue weighted by atomic mass is 10.0. The van der Waals surface area contributed by atoms with Crippen molar-refractivity contribution in [3.63, 3.8) is 0 Å². The minimum absolute atomic E-state index is 0.0978. The maximum atomic E-state index is 13.3. The second-order valence-corrected chi connectivity index (χ2v) is 9.28. The second kappa shape index (κ2) is 12.3. The van der Waals surface area contributed by atoms with Crippen molar-refractivity contribution in [2.75, 3.05) is 63.5 Å². The lowest BCUT2D eigenvalue weighted by Gasteiger charge is -2.30. The molecule has 0 saturated carbocycles. The summed E-state index contributed by atoms with van der Waals surface area (Å²) >= 11 is 0. The number of ketones is 1. The lowest BCUT2D eigenvalue weighted by molar-refractivity contribution is -0.113. The van der Waals surface area contributed by atoms with E-state index in [1.165, 1.54) is 17.9 Å². The molecule has 0 atom stereocenters. The Hall–Kier alpha value is -4.24. The average Bonchev–Trinajstić information content (AvgIpc) is 2.89. The number of amidine groups is 1. The Kier molecular flexibility index (Phi) is 9.20. The fourth-order valence-electron chi connectivity index (χ4n) is 4.11. The van der Waals surface area contributed by atoms with Gasteiger partial charge < -0.3 is 19.9 Å². The molecular formula is C29H36N6O3. The third-order valence-corrected chi connectivity index (χ3v) is 6.26. The molecule has 0 fully saturated rings. The molecule has 0 radical (unpaired) electrons. The summed E-state index contributed by atoms with van der Waals surface area (Å²) in [6, 6.07) is 10.7. The second-order valence-electron chi connectivity index (χ2n) is 9.28. The van der Waals surface area contributed by atoms with Crippen LogP contribution in [0.5, 0.6) is 5.75 Å². The summed E-state index contributed by atoms with van der Waals surface area (Å²) in [7, 11) is 9.55. The molecule has 1 aliphatic heterocycles. The fraction of sp³-hybridized carbons (Fsp3) is 0.310. The van der Waals surface area contributed by atoms with Crippen LogP contribution < -0.4 is 19.9 Å². The first-order valence-electron chi connectivity index (χ1n) is 12.3. The number of nitrogens with one attached hydrogen (secondary N) is 1. The number of Topliss-reactive ketones (excluding diaryl/α,β-unsaturated/α-hetero) is 1. The van der Waals surface area contributed by atoms with Crippen molar-refractivity contribution in [3.05, 3.63) is 65.4 Å². The van der Waals surface area contributed by atoms with Crippen LogP contribution in [0.4, 0.5) is 22.7 Å². The van der Waals surface area contributed by atoms with Crippen LogP contribution in [-0.2, 0) is 4.79 Å². The molecule has 1 amide bonds. The van der Waals surface area contributed by atoms with Crippen LogP contribution in [0.3, 0.4) is 0 Å². The molecule has 0 unspecified atom stereocenters. The van der Waals surface area contributed by atoms with Gasteiger partial charge in [-0.1, -0.05) is 12.1 Å². The summed E-state index contributed by atoms with van der Waals surface area (Å²) in [5, 5.41) is 3.26.